The zero-order chi connectivity index (χ0) is 17.1. The fourth-order valence-corrected chi connectivity index (χ4v) is 1.82. The molecule has 3 N–H and O–H groups in total. The third-order valence-electron chi connectivity index (χ3n) is 2.96. The van der Waals surface area contributed by atoms with E-state index in [0.29, 0.717) is 6.61 Å². The monoisotopic (exact) mass is 344 g/mol. The molecular formula is C16H33NaO6. The predicted octanol–water partition coefficient (Wildman–Crippen LogP) is 2.42. The number of carboxylic acid groups (broad SMARTS) is 2. The first-order valence-electron chi connectivity index (χ1n) is 8.16. The van der Waals surface area contributed by atoms with Crippen LogP contribution in [0, 0.1) is 0 Å². The molecule has 0 unspecified atom stereocenters. The van der Waals surface area contributed by atoms with Gasteiger partial charge in [0.15, 0.2) is 0 Å². The Morgan fingerprint density at radius 2 is 1.09 bits per heavy atom. The molecule has 0 aromatic heterocycles. The Hall–Kier alpha value is -0.140. The van der Waals surface area contributed by atoms with Crippen LogP contribution in [0.5, 0.6) is 0 Å². The Kier molecular flexibility index (Phi) is 29.0. The molecule has 0 aliphatic carbocycles. The molecular weight excluding hydrogens is 311 g/mol. The van der Waals surface area contributed by atoms with Crippen LogP contribution >= 0.6 is 0 Å². The van der Waals surface area contributed by atoms with Gasteiger partial charge in [-0.25, -0.2) is 9.59 Å². The van der Waals surface area contributed by atoms with E-state index in [1.54, 1.807) is 0 Å². The summed E-state index contributed by atoms with van der Waals surface area (Å²) in [5, 5.41) is 24.4. The van der Waals surface area contributed by atoms with Crippen LogP contribution in [0.1, 0.15) is 71.1 Å². The average Bonchev–Trinajstić information content (AvgIpc) is 2.45. The number of hydrogen-bond donors (Lipinski definition) is 3. The van der Waals surface area contributed by atoms with Gasteiger partial charge in [-0.3, -0.25) is 0 Å². The quantitative estimate of drug-likeness (QED) is 0.330. The van der Waals surface area contributed by atoms with Crippen LogP contribution < -0.4 is 0 Å². The van der Waals surface area contributed by atoms with Gasteiger partial charge < -0.3 is 20.1 Å². The van der Waals surface area contributed by atoms with Crippen LogP contribution in [-0.2, 0) is 14.3 Å². The molecule has 0 radical (unpaired) electrons. The van der Waals surface area contributed by atoms with E-state index in [1.807, 2.05) is 0 Å². The van der Waals surface area contributed by atoms with Crippen molar-refractivity contribution >= 4 is 41.5 Å². The summed E-state index contributed by atoms with van der Waals surface area (Å²) < 4.78 is 4.16. The first-order chi connectivity index (χ1) is 10.5. The number of carbonyl (C=O) groups is 2. The van der Waals surface area contributed by atoms with Gasteiger partial charge >= 0.3 is 41.5 Å². The van der Waals surface area contributed by atoms with Gasteiger partial charge in [0.1, 0.15) is 13.2 Å². The van der Waals surface area contributed by atoms with Crippen molar-refractivity contribution in [3.8, 4) is 0 Å². The zero-order valence-corrected chi connectivity index (χ0v) is 13.8. The Labute approximate surface area is 161 Å². The second kappa shape index (κ2) is 24.1. The number of hydrogen-bond acceptors (Lipinski definition) is 4. The maximum atomic E-state index is 9.66. The number of rotatable bonds is 14. The molecule has 0 bridgehead atoms. The molecule has 0 aromatic rings. The van der Waals surface area contributed by atoms with Crippen LogP contribution in [-0.4, -0.2) is 76.6 Å². The van der Waals surface area contributed by atoms with Gasteiger partial charge in [-0.15, -0.1) is 0 Å². The molecule has 0 rings (SSSR count). The number of aliphatic hydroxyl groups is 1. The molecule has 0 aliphatic rings. The second-order valence-electron chi connectivity index (χ2n) is 5.19. The Bertz CT molecular complexity index is 237. The summed E-state index contributed by atoms with van der Waals surface area (Å²) in [7, 11) is 0. The summed E-state index contributed by atoms with van der Waals surface area (Å²) in [6.45, 7) is 1.50. The standard InChI is InChI=1S/C12H26O.C4H6O5.Na.H/c1-2-3-4-5-6-7-8-9-10-11-12-13;5-3(6)1-9-2-4(7)8;;/h13H,2-12H2,1H3;1-2H2,(H,5,6)(H,7,8);;. The van der Waals surface area contributed by atoms with Crippen LogP contribution in [0.15, 0.2) is 0 Å². The molecule has 0 spiro atoms. The third-order valence-corrected chi connectivity index (χ3v) is 2.96. The first-order valence-corrected chi connectivity index (χ1v) is 8.16. The number of carboxylic acids is 2. The van der Waals surface area contributed by atoms with Gasteiger partial charge in [-0.05, 0) is 6.42 Å². The topological polar surface area (TPSA) is 104 Å². The van der Waals surface area contributed by atoms with Crippen molar-refractivity contribution in [2.24, 2.45) is 0 Å². The molecule has 23 heavy (non-hydrogen) atoms. The molecule has 0 atom stereocenters. The molecule has 7 heteroatoms. The van der Waals surface area contributed by atoms with Gasteiger partial charge in [0.2, 0.25) is 0 Å². The van der Waals surface area contributed by atoms with Crippen LogP contribution in [0.25, 0.3) is 0 Å². The van der Waals surface area contributed by atoms with E-state index < -0.39 is 25.2 Å². The van der Waals surface area contributed by atoms with E-state index in [4.69, 9.17) is 15.3 Å². The van der Waals surface area contributed by atoms with Crippen molar-refractivity contribution in [2.75, 3.05) is 19.8 Å². The maximum absolute atomic E-state index is 9.66. The van der Waals surface area contributed by atoms with E-state index in [0.717, 1.165) is 6.42 Å². The Balaban J connectivity index is -0.000000354. The van der Waals surface area contributed by atoms with Crippen molar-refractivity contribution in [1.29, 1.82) is 0 Å². The van der Waals surface area contributed by atoms with Crippen LogP contribution in [0.2, 0.25) is 0 Å². The predicted molar refractivity (Wildman–Crippen MR) is 92.2 cm³/mol. The number of unbranched alkanes of at least 4 members (excludes halogenated alkanes) is 9. The van der Waals surface area contributed by atoms with Gasteiger partial charge in [-0.1, -0.05) is 64.7 Å². The van der Waals surface area contributed by atoms with E-state index in [1.165, 1.54) is 57.8 Å². The zero-order valence-electron chi connectivity index (χ0n) is 13.8. The van der Waals surface area contributed by atoms with Crippen LogP contribution in [0.3, 0.4) is 0 Å². The van der Waals surface area contributed by atoms with E-state index in [-0.39, 0.29) is 29.6 Å². The second-order valence-corrected chi connectivity index (χ2v) is 5.19. The molecule has 134 valence electrons. The van der Waals surface area contributed by atoms with Crippen molar-refractivity contribution in [3.63, 3.8) is 0 Å². The summed E-state index contributed by atoms with van der Waals surface area (Å²) in [6.07, 6.45) is 13.3. The first kappa shape index (κ1) is 27.7. The van der Waals surface area contributed by atoms with E-state index >= 15 is 0 Å². The van der Waals surface area contributed by atoms with Crippen molar-refractivity contribution in [2.45, 2.75) is 71.1 Å². The molecule has 0 fully saturated rings. The summed E-state index contributed by atoms with van der Waals surface area (Å²) in [6, 6.07) is 0. The average molecular weight is 344 g/mol. The fourth-order valence-electron chi connectivity index (χ4n) is 1.82. The number of aliphatic carboxylic acids is 2. The fraction of sp³-hybridized carbons (Fsp3) is 0.875. The number of aliphatic hydroxyl groups excluding tert-OH is 1. The van der Waals surface area contributed by atoms with Crippen molar-refractivity contribution in [3.05, 3.63) is 0 Å². The summed E-state index contributed by atoms with van der Waals surface area (Å²) in [4.78, 5) is 19.3. The van der Waals surface area contributed by atoms with Gasteiger partial charge in [-0.2, -0.15) is 0 Å². The summed E-state index contributed by atoms with van der Waals surface area (Å²) >= 11 is 0. The van der Waals surface area contributed by atoms with E-state index in [9.17, 15) is 9.59 Å². The minimum atomic E-state index is -1.17. The van der Waals surface area contributed by atoms with Crippen LogP contribution in [0.4, 0.5) is 0 Å². The van der Waals surface area contributed by atoms with Gasteiger partial charge in [0, 0.05) is 6.61 Å². The molecule has 0 aliphatic heterocycles. The molecule has 0 aromatic carbocycles. The van der Waals surface area contributed by atoms with Crippen molar-refractivity contribution < 1.29 is 29.6 Å². The molecule has 0 saturated heterocycles. The molecule has 6 nitrogen and oxygen atoms in total. The Morgan fingerprint density at radius 3 is 1.39 bits per heavy atom. The summed E-state index contributed by atoms with van der Waals surface area (Å²) in [5.41, 5.74) is 0. The Morgan fingerprint density at radius 1 is 0.739 bits per heavy atom. The summed E-state index contributed by atoms with van der Waals surface area (Å²) in [5.74, 6) is -2.34. The van der Waals surface area contributed by atoms with Crippen molar-refractivity contribution in [1.82, 2.24) is 0 Å². The molecule has 0 amide bonds. The van der Waals surface area contributed by atoms with Gasteiger partial charge in [0.25, 0.3) is 0 Å². The SMILES string of the molecule is CCCCCCCCCCCCO.O=C(O)COCC(=O)O.[NaH]. The third kappa shape index (κ3) is 34.3. The van der Waals surface area contributed by atoms with Gasteiger partial charge in [0.05, 0.1) is 0 Å². The minimum absolute atomic E-state index is 0. The van der Waals surface area contributed by atoms with E-state index in [2.05, 4.69) is 11.7 Å². The number of ether oxygens (including phenoxy) is 1. The molecule has 0 saturated carbocycles. The molecule has 0 heterocycles. The normalized spacial score (nSPS) is 9.48.